The lowest BCUT2D eigenvalue weighted by Gasteiger charge is -2.27. The summed E-state index contributed by atoms with van der Waals surface area (Å²) in [5.41, 5.74) is 0.825. The second-order valence-corrected chi connectivity index (χ2v) is 7.67. The van der Waals surface area contributed by atoms with Gasteiger partial charge in [-0.25, -0.2) is 4.39 Å². The topological polar surface area (TPSA) is 9.23 Å². The molecule has 0 spiro atoms. The van der Waals surface area contributed by atoms with E-state index in [1.54, 1.807) is 12.1 Å². The predicted octanol–water partition coefficient (Wildman–Crippen LogP) is 7.00. The first-order valence-electron chi connectivity index (χ1n) is 9.31. The summed E-state index contributed by atoms with van der Waals surface area (Å²) in [4.78, 5) is 0. The second-order valence-electron chi connectivity index (χ2n) is 7.67. The standard InChI is InChI=1S/C22H24F4O/c1-13-4-6-16(7-5-13)17-8-10-18(11-9-17)22(25,26)27-21-15(3)12-14(2)19(23)20(21)24/h8-13,16H,4-7H2,1-3H3. The summed E-state index contributed by atoms with van der Waals surface area (Å²) in [6, 6.07) is 7.28. The molecule has 5 heteroatoms. The summed E-state index contributed by atoms with van der Waals surface area (Å²) < 4.78 is 61.5. The van der Waals surface area contributed by atoms with Crippen molar-refractivity contribution in [3.05, 3.63) is 64.2 Å². The maximum Gasteiger partial charge on any atom is 0.426 e. The third kappa shape index (κ3) is 4.12. The highest BCUT2D eigenvalue weighted by molar-refractivity contribution is 5.39. The largest absolute Gasteiger partial charge is 0.426 e. The summed E-state index contributed by atoms with van der Waals surface area (Å²) in [6.45, 7) is 5.01. The van der Waals surface area contributed by atoms with Crippen molar-refractivity contribution in [2.45, 2.75) is 58.5 Å². The molecule has 0 bridgehead atoms. The third-order valence-electron chi connectivity index (χ3n) is 5.49. The van der Waals surface area contributed by atoms with Crippen LogP contribution in [0.1, 0.15) is 60.8 Å². The van der Waals surface area contributed by atoms with Crippen molar-refractivity contribution in [3.8, 4) is 5.75 Å². The first kappa shape index (κ1) is 19.7. The van der Waals surface area contributed by atoms with Crippen molar-refractivity contribution in [3.63, 3.8) is 0 Å². The van der Waals surface area contributed by atoms with E-state index in [0.717, 1.165) is 31.2 Å². The van der Waals surface area contributed by atoms with Gasteiger partial charge in [0.25, 0.3) is 0 Å². The Kier molecular flexibility index (Phi) is 5.50. The van der Waals surface area contributed by atoms with Gasteiger partial charge in [0.05, 0.1) is 5.56 Å². The summed E-state index contributed by atoms with van der Waals surface area (Å²) in [6.07, 6.45) is 0.639. The van der Waals surface area contributed by atoms with E-state index < -0.39 is 23.5 Å². The molecular formula is C22H24F4O. The lowest BCUT2D eigenvalue weighted by atomic mass is 9.79. The SMILES string of the molecule is Cc1cc(C)c(OC(F)(F)c2ccc(C3CCC(C)CC3)cc2)c(F)c1F. The van der Waals surface area contributed by atoms with Gasteiger partial charge in [0.2, 0.25) is 5.82 Å². The first-order valence-corrected chi connectivity index (χ1v) is 9.31. The molecule has 146 valence electrons. The summed E-state index contributed by atoms with van der Waals surface area (Å²) in [7, 11) is 0. The Morgan fingerprint density at radius 2 is 1.48 bits per heavy atom. The van der Waals surface area contributed by atoms with E-state index in [2.05, 4.69) is 11.7 Å². The normalized spacial score (nSPS) is 20.6. The molecule has 0 unspecified atom stereocenters. The highest BCUT2D eigenvalue weighted by Gasteiger charge is 2.37. The van der Waals surface area contributed by atoms with E-state index in [9.17, 15) is 17.6 Å². The number of benzene rings is 2. The van der Waals surface area contributed by atoms with Crippen molar-refractivity contribution < 1.29 is 22.3 Å². The maximum absolute atomic E-state index is 14.5. The van der Waals surface area contributed by atoms with Gasteiger partial charge >= 0.3 is 6.11 Å². The zero-order valence-electron chi connectivity index (χ0n) is 15.8. The summed E-state index contributed by atoms with van der Waals surface area (Å²) in [5.74, 6) is -2.22. The molecule has 0 radical (unpaired) electrons. The first-order chi connectivity index (χ1) is 12.7. The van der Waals surface area contributed by atoms with Gasteiger partial charge in [0.15, 0.2) is 11.6 Å². The Morgan fingerprint density at radius 1 is 0.889 bits per heavy atom. The minimum atomic E-state index is -3.76. The number of hydrogen-bond acceptors (Lipinski definition) is 1. The monoisotopic (exact) mass is 380 g/mol. The molecule has 2 aromatic carbocycles. The molecule has 2 aromatic rings. The van der Waals surface area contributed by atoms with Crippen LogP contribution in [0.15, 0.2) is 30.3 Å². The van der Waals surface area contributed by atoms with Gasteiger partial charge in [-0.1, -0.05) is 31.9 Å². The molecule has 1 nitrogen and oxygen atoms in total. The predicted molar refractivity (Wildman–Crippen MR) is 97.2 cm³/mol. The highest BCUT2D eigenvalue weighted by atomic mass is 19.3. The average molecular weight is 380 g/mol. The quantitative estimate of drug-likeness (QED) is 0.519. The van der Waals surface area contributed by atoms with E-state index in [1.165, 1.54) is 32.0 Å². The molecule has 0 saturated heterocycles. The molecule has 1 fully saturated rings. The molecule has 1 aliphatic carbocycles. The molecule has 0 heterocycles. The van der Waals surface area contributed by atoms with Crippen molar-refractivity contribution in [1.82, 2.24) is 0 Å². The van der Waals surface area contributed by atoms with Gasteiger partial charge in [-0.05, 0) is 73.4 Å². The summed E-state index contributed by atoms with van der Waals surface area (Å²) in [5, 5.41) is 0. The van der Waals surface area contributed by atoms with Crippen molar-refractivity contribution in [2.75, 3.05) is 0 Å². The average Bonchev–Trinajstić information content (AvgIpc) is 2.64. The Balaban J connectivity index is 1.80. The number of halogens is 4. The van der Waals surface area contributed by atoms with E-state index in [1.807, 2.05) is 0 Å². The molecule has 3 rings (SSSR count). The van der Waals surface area contributed by atoms with Crippen molar-refractivity contribution in [1.29, 1.82) is 0 Å². The van der Waals surface area contributed by atoms with Crippen LogP contribution in [0.25, 0.3) is 0 Å². The number of aryl methyl sites for hydroxylation is 2. The number of alkyl halides is 2. The van der Waals surface area contributed by atoms with Crippen LogP contribution in [0.4, 0.5) is 17.6 Å². The van der Waals surface area contributed by atoms with Crippen LogP contribution in [0.2, 0.25) is 0 Å². The molecular weight excluding hydrogens is 356 g/mol. The van der Waals surface area contributed by atoms with E-state index in [0.29, 0.717) is 11.8 Å². The van der Waals surface area contributed by atoms with Crippen LogP contribution in [-0.4, -0.2) is 0 Å². The van der Waals surface area contributed by atoms with Crippen molar-refractivity contribution in [2.24, 2.45) is 5.92 Å². The Labute approximate surface area is 157 Å². The third-order valence-corrected chi connectivity index (χ3v) is 5.49. The highest BCUT2D eigenvalue weighted by Crippen LogP contribution is 2.39. The van der Waals surface area contributed by atoms with Crippen LogP contribution in [0.3, 0.4) is 0 Å². The second kappa shape index (κ2) is 7.53. The van der Waals surface area contributed by atoms with Crippen LogP contribution in [-0.2, 0) is 6.11 Å². The molecule has 1 saturated carbocycles. The minimum Gasteiger partial charge on any atom is -0.425 e. The van der Waals surface area contributed by atoms with Crippen molar-refractivity contribution >= 4 is 0 Å². The molecule has 0 N–H and O–H groups in total. The Morgan fingerprint density at radius 3 is 2.07 bits per heavy atom. The number of hydrogen-bond donors (Lipinski definition) is 0. The lowest BCUT2D eigenvalue weighted by molar-refractivity contribution is -0.187. The molecule has 0 atom stereocenters. The molecule has 1 aliphatic rings. The summed E-state index contributed by atoms with van der Waals surface area (Å²) >= 11 is 0. The fourth-order valence-electron chi connectivity index (χ4n) is 3.75. The fraction of sp³-hybridized carbons (Fsp3) is 0.455. The van der Waals surface area contributed by atoms with Gasteiger partial charge in [0, 0.05) is 0 Å². The van der Waals surface area contributed by atoms with E-state index in [4.69, 9.17) is 0 Å². The maximum atomic E-state index is 14.5. The van der Waals surface area contributed by atoms with Gasteiger partial charge < -0.3 is 4.74 Å². The molecule has 0 amide bonds. The van der Waals surface area contributed by atoms with Gasteiger partial charge in [-0.3, -0.25) is 0 Å². The van der Waals surface area contributed by atoms with Crippen LogP contribution in [0, 0.1) is 31.4 Å². The molecule has 27 heavy (non-hydrogen) atoms. The zero-order valence-corrected chi connectivity index (χ0v) is 15.8. The zero-order chi connectivity index (χ0) is 19.8. The fourth-order valence-corrected chi connectivity index (χ4v) is 3.75. The Bertz CT molecular complexity index is 806. The van der Waals surface area contributed by atoms with Gasteiger partial charge in [0.1, 0.15) is 0 Å². The molecule has 0 aromatic heterocycles. The smallest absolute Gasteiger partial charge is 0.425 e. The minimum absolute atomic E-state index is 0.0480. The van der Waals surface area contributed by atoms with Crippen LogP contribution in [0.5, 0.6) is 5.75 Å². The molecule has 0 aliphatic heterocycles. The van der Waals surface area contributed by atoms with E-state index in [-0.39, 0.29) is 16.7 Å². The van der Waals surface area contributed by atoms with Crippen LogP contribution >= 0.6 is 0 Å². The Hall–Kier alpha value is -2.04. The van der Waals surface area contributed by atoms with Gasteiger partial charge in [-0.15, -0.1) is 0 Å². The van der Waals surface area contributed by atoms with Crippen LogP contribution < -0.4 is 4.74 Å². The number of ether oxygens (including phenoxy) is 1. The lowest BCUT2D eigenvalue weighted by Crippen LogP contribution is -2.23. The van der Waals surface area contributed by atoms with E-state index >= 15 is 0 Å². The number of rotatable bonds is 4. The van der Waals surface area contributed by atoms with Gasteiger partial charge in [-0.2, -0.15) is 13.2 Å².